The van der Waals surface area contributed by atoms with E-state index in [4.69, 9.17) is 4.74 Å². The van der Waals surface area contributed by atoms with Gasteiger partial charge in [-0.15, -0.1) is 24.0 Å². The molecule has 160 valence electrons. The summed E-state index contributed by atoms with van der Waals surface area (Å²) in [7, 11) is -1.25. The number of aryl methyl sites for hydroxylation is 1. The quantitative estimate of drug-likeness (QED) is 0.295. The van der Waals surface area contributed by atoms with Gasteiger partial charge in [0.2, 0.25) is 0 Å². The second-order valence-electron chi connectivity index (χ2n) is 7.80. The van der Waals surface area contributed by atoms with Gasteiger partial charge in [-0.05, 0) is 44.7 Å². The predicted octanol–water partition coefficient (Wildman–Crippen LogP) is 3.28. The number of nitrogens with one attached hydrogen (secondary N) is 2. The fraction of sp³-hybridized carbons (Fsp3) is 0.650. The zero-order valence-electron chi connectivity index (χ0n) is 17.5. The van der Waals surface area contributed by atoms with Gasteiger partial charge < -0.3 is 15.4 Å². The summed E-state index contributed by atoms with van der Waals surface area (Å²) in [5, 5.41) is 6.59. The molecular formula is C20H34IN3O3S. The summed E-state index contributed by atoms with van der Waals surface area (Å²) in [6.07, 6.45) is 4.29. The van der Waals surface area contributed by atoms with Crippen LogP contribution in [0.5, 0.6) is 5.75 Å². The Balaban J connectivity index is 0.00000392. The van der Waals surface area contributed by atoms with Crippen LogP contribution >= 0.6 is 24.0 Å². The molecule has 1 unspecified atom stereocenters. The molecule has 0 saturated heterocycles. The van der Waals surface area contributed by atoms with Gasteiger partial charge in [-0.25, -0.2) is 8.42 Å². The van der Waals surface area contributed by atoms with Crippen LogP contribution in [0.1, 0.15) is 44.2 Å². The smallest absolute Gasteiger partial charge is 0.191 e. The van der Waals surface area contributed by atoms with Gasteiger partial charge in [0.15, 0.2) is 5.96 Å². The van der Waals surface area contributed by atoms with Crippen LogP contribution in [0.3, 0.4) is 0 Å². The van der Waals surface area contributed by atoms with Gasteiger partial charge in [0.1, 0.15) is 15.6 Å². The molecule has 1 atom stereocenters. The Morgan fingerprint density at radius 3 is 2.54 bits per heavy atom. The van der Waals surface area contributed by atoms with Crippen molar-refractivity contribution in [2.24, 2.45) is 10.4 Å². The molecule has 1 saturated carbocycles. The summed E-state index contributed by atoms with van der Waals surface area (Å²) in [5.41, 5.74) is 2.09. The maximum Gasteiger partial charge on any atom is 0.191 e. The zero-order chi connectivity index (χ0) is 20.1. The SMILES string of the molecule is CCC(C)Oc1cc(C)ccc1CNC(=NC)NCC1(CS(C)(=O)=O)CC1.I. The minimum Gasteiger partial charge on any atom is -0.490 e. The third kappa shape index (κ3) is 8.14. The molecule has 0 spiro atoms. The van der Waals surface area contributed by atoms with Crippen LogP contribution in [0.25, 0.3) is 0 Å². The molecule has 1 aromatic rings. The van der Waals surface area contributed by atoms with Gasteiger partial charge in [-0.3, -0.25) is 4.99 Å². The van der Waals surface area contributed by atoms with Crippen molar-refractivity contribution in [2.45, 2.75) is 52.7 Å². The maximum atomic E-state index is 11.6. The molecule has 8 heteroatoms. The summed E-state index contributed by atoms with van der Waals surface area (Å²) in [6.45, 7) is 7.43. The summed E-state index contributed by atoms with van der Waals surface area (Å²) < 4.78 is 29.3. The van der Waals surface area contributed by atoms with Crippen molar-refractivity contribution >= 4 is 39.8 Å². The minimum atomic E-state index is -2.97. The Hall–Kier alpha value is -1.03. The van der Waals surface area contributed by atoms with Crippen LogP contribution in [0.2, 0.25) is 0 Å². The molecule has 28 heavy (non-hydrogen) atoms. The highest BCUT2D eigenvalue weighted by atomic mass is 127. The molecule has 1 aliphatic rings. The van der Waals surface area contributed by atoms with Crippen molar-refractivity contribution in [3.63, 3.8) is 0 Å². The number of ether oxygens (including phenoxy) is 1. The number of guanidine groups is 1. The van der Waals surface area contributed by atoms with Crippen LogP contribution < -0.4 is 15.4 Å². The van der Waals surface area contributed by atoms with Gasteiger partial charge >= 0.3 is 0 Å². The van der Waals surface area contributed by atoms with E-state index in [0.717, 1.165) is 36.1 Å². The highest BCUT2D eigenvalue weighted by molar-refractivity contribution is 14.0. The molecule has 0 heterocycles. The molecule has 0 amide bonds. The van der Waals surface area contributed by atoms with Crippen LogP contribution in [0.15, 0.2) is 23.2 Å². The first-order valence-electron chi connectivity index (χ1n) is 9.55. The second-order valence-corrected chi connectivity index (χ2v) is 9.94. The fourth-order valence-electron chi connectivity index (χ4n) is 2.99. The second kappa shape index (κ2) is 10.7. The highest BCUT2D eigenvalue weighted by Crippen LogP contribution is 2.46. The van der Waals surface area contributed by atoms with Crippen molar-refractivity contribution in [3.8, 4) is 5.75 Å². The average Bonchev–Trinajstić information content (AvgIpc) is 3.34. The maximum absolute atomic E-state index is 11.6. The number of rotatable bonds is 9. The Morgan fingerprint density at radius 2 is 2.00 bits per heavy atom. The van der Waals surface area contributed by atoms with Gasteiger partial charge in [0, 0.05) is 37.4 Å². The topological polar surface area (TPSA) is 79.8 Å². The van der Waals surface area contributed by atoms with Crippen molar-refractivity contribution < 1.29 is 13.2 Å². The molecule has 0 bridgehead atoms. The zero-order valence-corrected chi connectivity index (χ0v) is 20.7. The molecule has 2 N–H and O–H groups in total. The Labute approximate surface area is 186 Å². The first kappa shape index (κ1) is 25.0. The average molecular weight is 523 g/mol. The van der Waals surface area contributed by atoms with Gasteiger partial charge in [-0.2, -0.15) is 0 Å². The van der Waals surface area contributed by atoms with Crippen molar-refractivity contribution in [1.29, 1.82) is 0 Å². The van der Waals surface area contributed by atoms with Crippen molar-refractivity contribution in [1.82, 2.24) is 10.6 Å². The monoisotopic (exact) mass is 523 g/mol. The lowest BCUT2D eigenvalue weighted by atomic mass is 10.1. The van der Waals surface area contributed by atoms with E-state index >= 15 is 0 Å². The number of hydrogen-bond acceptors (Lipinski definition) is 4. The Bertz CT molecular complexity index is 777. The van der Waals surface area contributed by atoms with Crippen LogP contribution in [-0.4, -0.2) is 46.1 Å². The molecule has 0 aromatic heterocycles. The Morgan fingerprint density at radius 1 is 1.32 bits per heavy atom. The standard InChI is InChI=1S/C20H33N3O3S.HI/c1-6-16(3)26-18-11-15(2)7-8-17(18)12-22-19(21-4)23-13-20(9-10-20)14-27(5,24)25;/h7-8,11,16H,6,9-10,12-14H2,1-5H3,(H2,21,22,23);1H. The van der Waals surface area contributed by atoms with E-state index in [-0.39, 0.29) is 41.2 Å². The highest BCUT2D eigenvalue weighted by Gasteiger charge is 2.45. The third-order valence-corrected chi connectivity index (χ3v) is 6.09. The molecule has 1 fully saturated rings. The van der Waals surface area contributed by atoms with Crippen LogP contribution in [0, 0.1) is 12.3 Å². The number of hydrogen-bond donors (Lipinski definition) is 2. The van der Waals surface area contributed by atoms with Crippen LogP contribution in [-0.2, 0) is 16.4 Å². The van der Waals surface area contributed by atoms with E-state index in [1.165, 1.54) is 6.26 Å². The van der Waals surface area contributed by atoms with Crippen molar-refractivity contribution in [3.05, 3.63) is 29.3 Å². The number of aliphatic imine (C=N–C) groups is 1. The van der Waals surface area contributed by atoms with E-state index in [2.05, 4.69) is 54.6 Å². The lowest BCUT2D eigenvalue weighted by Gasteiger charge is -2.20. The first-order chi connectivity index (χ1) is 12.7. The summed E-state index contributed by atoms with van der Waals surface area (Å²) in [6, 6.07) is 6.20. The normalized spacial score (nSPS) is 16.7. The van der Waals surface area contributed by atoms with Gasteiger partial charge in [-0.1, -0.05) is 19.1 Å². The van der Waals surface area contributed by atoms with E-state index in [9.17, 15) is 8.42 Å². The number of halogens is 1. The van der Waals surface area contributed by atoms with E-state index in [1.807, 2.05) is 0 Å². The summed E-state index contributed by atoms with van der Waals surface area (Å²) >= 11 is 0. The Kier molecular flexibility index (Phi) is 9.52. The van der Waals surface area contributed by atoms with E-state index in [0.29, 0.717) is 19.0 Å². The lowest BCUT2D eigenvalue weighted by molar-refractivity contribution is 0.215. The lowest BCUT2D eigenvalue weighted by Crippen LogP contribution is -2.41. The minimum absolute atomic E-state index is 0. The largest absolute Gasteiger partial charge is 0.490 e. The molecule has 6 nitrogen and oxygen atoms in total. The van der Waals surface area contributed by atoms with Gasteiger partial charge in [0.25, 0.3) is 0 Å². The summed E-state index contributed by atoms with van der Waals surface area (Å²) in [5.74, 6) is 1.79. The fourth-order valence-corrected chi connectivity index (χ4v) is 4.50. The molecule has 0 radical (unpaired) electrons. The summed E-state index contributed by atoms with van der Waals surface area (Å²) in [4.78, 5) is 4.26. The van der Waals surface area contributed by atoms with E-state index in [1.54, 1.807) is 7.05 Å². The number of sulfone groups is 1. The van der Waals surface area contributed by atoms with Gasteiger partial charge in [0.05, 0.1) is 11.9 Å². The molecule has 2 rings (SSSR count). The third-order valence-electron chi connectivity index (χ3n) is 4.95. The molecule has 1 aliphatic carbocycles. The number of nitrogens with zero attached hydrogens (tertiary/aromatic N) is 1. The predicted molar refractivity (Wildman–Crippen MR) is 127 cm³/mol. The van der Waals surface area contributed by atoms with E-state index < -0.39 is 9.84 Å². The molecule has 0 aliphatic heterocycles. The van der Waals surface area contributed by atoms with Crippen molar-refractivity contribution in [2.75, 3.05) is 25.6 Å². The molecule has 1 aromatic carbocycles. The van der Waals surface area contributed by atoms with Crippen LogP contribution in [0.4, 0.5) is 0 Å². The first-order valence-corrected chi connectivity index (χ1v) is 11.6. The molecular weight excluding hydrogens is 489 g/mol. The number of benzene rings is 1.